The normalized spacial score (nSPS) is 11.0. The van der Waals surface area contributed by atoms with Gasteiger partial charge in [0.2, 0.25) is 5.91 Å². The van der Waals surface area contributed by atoms with Crippen molar-refractivity contribution in [3.05, 3.63) is 94.6 Å². The van der Waals surface area contributed by atoms with Crippen LogP contribution in [0.1, 0.15) is 0 Å². The molecular formula is C23H16FN5O2S. The molecule has 0 radical (unpaired) electrons. The van der Waals surface area contributed by atoms with Crippen LogP contribution in [-0.4, -0.2) is 25.1 Å². The van der Waals surface area contributed by atoms with Crippen molar-refractivity contribution >= 4 is 27.9 Å². The lowest BCUT2D eigenvalue weighted by molar-refractivity contribution is -0.117. The monoisotopic (exact) mass is 445 g/mol. The predicted molar refractivity (Wildman–Crippen MR) is 121 cm³/mol. The van der Waals surface area contributed by atoms with E-state index in [0.29, 0.717) is 16.9 Å². The molecular weight excluding hydrogens is 429 g/mol. The molecule has 0 spiro atoms. The maximum Gasteiger partial charge on any atom is 0.267 e. The number of aromatic nitrogens is 4. The lowest BCUT2D eigenvalue weighted by Crippen LogP contribution is -2.29. The van der Waals surface area contributed by atoms with Gasteiger partial charge in [-0.25, -0.2) is 14.1 Å². The Morgan fingerprint density at radius 3 is 2.44 bits per heavy atom. The summed E-state index contributed by atoms with van der Waals surface area (Å²) in [5.74, 6) is -0.744. The number of thiazole rings is 1. The standard InChI is InChI=1S/C23H16FN5O2S/c24-17-5-1-15(2-6-17)19-9-10-22(31)29(27-19)14-21(30)25-18-7-3-16(4-8-18)20-13-28-11-12-32-23(28)26-20/h1-13H,14H2,(H,25,30). The van der Waals surface area contributed by atoms with Gasteiger partial charge in [0.05, 0.1) is 11.4 Å². The summed E-state index contributed by atoms with van der Waals surface area (Å²) in [6.07, 6.45) is 3.90. The van der Waals surface area contributed by atoms with E-state index in [1.54, 1.807) is 41.7 Å². The van der Waals surface area contributed by atoms with Crippen molar-refractivity contribution in [1.82, 2.24) is 19.2 Å². The highest BCUT2D eigenvalue weighted by Crippen LogP contribution is 2.23. The molecule has 0 saturated heterocycles. The summed E-state index contributed by atoms with van der Waals surface area (Å²) in [5, 5.41) is 8.98. The SMILES string of the molecule is O=C(Cn1nc(-c2ccc(F)cc2)ccc1=O)Nc1ccc(-c2cn3ccsc3n2)cc1. The number of hydrogen-bond donors (Lipinski definition) is 1. The van der Waals surface area contributed by atoms with Crippen LogP contribution in [0.15, 0.2) is 83.2 Å². The Morgan fingerprint density at radius 1 is 0.969 bits per heavy atom. The van der Waals surface area contributed by atoms with Gasteiger partial charge in [0.1, 0.15) is 12.4 Å². The molecule has 5 aromatic rings. The van der Waals surface area contributed by atoms with E-state index in [2.05, 4.69) is 15.4 Å². The minimum atomic E-state index is -0.402. The highest BCUT2D eigenvalue weighted by Gasteiger charge is 2.10. The highest BCUT2D eigenvalue weighted by molar-refractivity contribution is 7.15. The second kappa shape index (κ2) is 8.20. The van der Waals surface area contributed by atoms with Gasteiger partial charge in [-0.3, -0.25) is 14.0 Å². The number of carbonyl (C=O) groups is 1. The smallest absolute Gasteiger partial charge is 0.267 e. The molecule has 1 amide bonds. The van der Waals surface area contributed by atoms with Gasteiger partial charge in [-0.15, -0.1) is 11.3 Å². The zero-order valence-corrected chi connectivity index (χ0v) is 17.4. The van der Waals surface area contributed by atoms with Crippen molar-refractivity contribution in [1.29, 1.82) is 0 Å². The van der Waals surface area contributed by atoms with Crippen molar-refractivity contribution in [2.24, 2.45) is 0 Å². The molecule has 0 bridgehead atoms. The lowest BCUT2D eigenvalue weighted by Gasteiger charge is -2.09. The second-order valence-electron chi connectivity index (χ2n) is 7.07. The molecule has 2 aromatic carbocycles. The van der Waals surface area contributed by atoms with Crippen molar-refractivity contribution in [3.8, 4) is 22.5 Å². The molecule has 0 saturated carbocycles. The van der Waals surface area contributed by atoms with E-state index in [1.807, 2.05) is 34.3 Å². The third-order valence-electron chi connectivity index (χ3n) is 4.86. The minimum Gasteiger partial charge on any atom is -0.324 e. The summed E-state index contributed by atoms with van der Waals surface area (Å²) in [7, 11) is 0. The molecule has 7 nitrogen and oxygen atoms in total. The maximum absolute atomic E-state index is 13.1. The molecule has 3 heterocycles. The molecule has 32 heavy (non-hydrogen) atoms. The van der Waals surface area contributed by atoms with Crippen LogP contribution in [0.3, 0.4) is 0 Å². The number of anilines is 1. The summed E-state index contributed by atoms with van der Waals surface area (Å²) < 4.78 is 16.2. The fourth-order valence-corrected chi connectivity index (χ4v) is 3.96. The Labute approximate surface area is 185 Å². The van der Waals surface area contributed by atoms with Gasteiger partial charge in [0, 0.05) is 40.7 Å². The number of nitrogens with one attached hydrogen (secondary N) is 1. The Balaban J connectivity index is 1.29. The Hall–Kier alpha value is -4.11. The second-order valence-corrected chi connectivity index (χ2v) is 7.94. The lowest BCUT2D eigenvalue weighted by atomic mass is 10.1. The molecule has 0 aliphatic carbocycles. The quantitative estimate of drug-likeness (QED) is 0.442. The third kappa shape index (κ3) is 4.06. The molecule has 0 unspecified atom stereocenters. The zero-order valence-electron chi connectivity index (χ0n) is 16.6. The van der Waals surface area contributed by atoms with E-state index in [4.69, 9.17) is 0 Å². The molecule has 0 aliphatic heterocycles. The molecule has 9 heteroatoms. The van der Waals surface area contributed by atoms with E-state index >= 15 is 0 Å². The van der Waals surface area contributed by atoms with Gasteiger partial charge < -0.3 is 5.32 Å². The number of carbonyl (C=O) groups excluding carboxylic acids is 1. The van der Waals surface area contributed by atoms with Crippen molar-refractivity contribution in [2.75, 3.05) is 5.32 Å². The number of amides is 1. The largest absolute Gasteiger partial charge is 0.324 e. The molecule has 1 N–H and O–H groups in total. The van der Waals surface area contributed by atoms with Crippen LogP contribution in [0, 0.1) is 5.82 Å². The fourth-order valence-electron chi connectivity index (χ4n) is 3.26. The van der Waals surface area contributed by atoms with Gasteiger partial charge >= 0.3 is 0 Å². The van der Waals surface area contributed by atoms with E-state index in [9.17, 15) is 14.0 Å². The summed E-state index contributed by atoms with van der Waals surface area (Å²) in [6.45, 7) is -0.243. The average Bonchev–Trinajstić information content (AvgIpc) is 3.39. The molecule has 158 valence electrons. The number of fused-ring (bicyclic) bond motifs is 1. The maximum atomic E-state index is 13.1. The van der Waals surface area contributed by atoms with Crippen LogP contribution < -0.4 is 10.9 Å². The van der Waals surface area contributed by atoms with Crippen LogP contribution in [0.2, 0.25) is 0 Å². The third-order valence-corrected chi connectivity index (χ3v) is 5.63. The number of imidazole rings is 1. The van der Waals surface area contributed by atoms with E-state index in [0.717, 1.165) is 20.9 Å². The molecule has 3 aromatic heterocycles. The summed E-state index contributed by atoms with van der Waals surface area (Å²) in [5.41, 5.74) is 3.10. The summed E-state index contributed by atoms with van der Waals surface area (Å²) in [4.78, 5) is 30.1. The fraction of sp³-hybridized carbons (Fsp3) is 0.0435. The topological polar surface area (TPSA) is 81.3 Å². The van der Waals surface area contributed by atoms with Crippen LogP contribution in [0.25, 0.3) is 27.5 Å². The Kier molecular flexibility index (Phi) is 5.08. The summed E-state index contributed by atoms with van der Waals surface area (Å²) in [6, 6.07) is 16.0. The van der Waals surface area contributed by atoms with E-state index in [1.165, 1.54) is 18.2 Å². The number of hydrogen-bond acceptors (Lipinski definition) is 5. The first-order valence-electron chi connectivity index (χ1n) is 9.72. The van der Waals surface area contributed by atoms with Crippen LogP contribution in [0.4, 0.5) is 10.1 Å². The van der Waals surface area contributed by atoms with E-state index in [-0.39, 0.29) is 18.3 Å². The Bertz CT molecular complexity index is 1440. The molecule has 0 aliphatic rings. The van der Waals surface area contributed by atoms with Gasteiger partial charge in [-0.1, -0.05) is 12.1 Å². The van der Waals surface area contributed by atoms with Crippen LogP contribution in [-0.2, 0) is 11.3 Å². The zero-order chi connectivity index (χ0) is 22.1. The van der Waals surface area contributed by atoms with Crippen molar-refractivity contribution in [2.45, 2.75) is 6.54 Å². The van der Waals surface area contributed by atoms with Gasteiger partial charge in [-0.05, 0) is 42.5 Å². The number of nitrogens with zero attached hydrogens (tertiary/aromatic N) is 4. The molecule has 0 fully saturated rings. The van der Waals surface area contributed by atoms with Crippen molar-refractivity contribution in [3.63, 3.8) is 0 Å². The first kappa shape index (κ1) is 19.8. The van der Waals surface area contributed by atoms with Gasteiger partial charge in [0.25, 0.3) is 5.56 Å². The number of rotatable bonds is 5. The average molecular weight is 445 g/mol. The van der Waals surface area contributed by atoms with Gasteiger partial charge in [-0.2, -0.15) is 5.10 Å². The van der Waals surface area contributed by atoms with E-state index < -0.39 is 5.56 Å². The molecule has 0 atom stereocenters. The molecule has 5 rings (SSSR count). The predicted octanol–water partition coefficient (Wildman–Crippen LogP) is 4.06. The number of benzene rings is 2. The highest BCUT2D eigenvalue weighted by atomic mass is 32.1. The van der Waals surface area contributed by atoms with Crippen molar-refractivity contribution < 1.29 is 9.18 Å². The van der Waals surface area contributed by atoms with Crippen LogP contribution >= 0.6 is 11.3 Å². The first-order valence-corrected chi connectivity index (χ1v) is 10.6. The number of halogens is 1. The Morgan fingerprint density at radius 2 is 1.69 bits per heavy atom. The van der Waals surface area contributed by atoms with Gasteiger partial charge in [0.15, 0.2) is 4.96 Å². The first-order chi connectivity index (χ1) is 15.5. The minimum absolute atomic E-state index is 0.243. The van der Waals surface area contributed by atoms with Crippen LogP contribution in [0.5, 0.6) is 0 Å². The summed E-state index contributed by atoms with van der Waals surface area (Å²) >= 11 is 1.56.